The molecule has 172 valence electrons. The number of aryl methyl sites for hydroxylation is 1. The van der Waals surface area contributed by atoms with Gasteiger partial charge < -0.3 is 16.0 Å². The van der Waals surface area contributed by atoms with Crippen LogP contribution in [0, 0.1) is 6.92 Å². The zero-order chi connectivity index (χ0) is 23.5. The second kappa shape index (κ2) is 9.46. The molecule has 1 aromatic carbocycles. The molecule has 2 heterocycles. The van der Waals surface area contributed by atoms with Crippen LogP contribution in [0.1, 0.15) is 30.9 Å². The van der Waals surface area contributed by atoms with Crippen LogP contribution in [0.2, 0.25) is 0 Å². The molecule has 2 unspecified atom stereocenters. The van der Waals surface area contributed by atoms with E-state index in [0.717, 1.165) is 5.56 Å². The molecule has 32 heavy (non-hydrogen) atoms. The van der Waals surface area contributed by atoms with E-state index >= 15 is 0 Å². The van der Waals surface area contributed by atoms with Crippen molar-refractivity contribution in [2.24, 2.45) is 5.14 Å². The van der Waals surface area contributed by atoms with E-state index in [1.165, 1.54) is 16.8 Å². The van der Waals surface area contributed by atoms with Crippen LogP contribution in [0.4, 0.5) is 5.82 Å². The standard InChI is InChI=1S/C19H25N7O5S/c1-11-10-16(27)24-19(22-11)26-15(9-12(2)25-26)23-18(29)17(28)21-8-7-13-3-5-14(6-4-13)32(20,30)31/h3-6,9,11,19,22H,7-8,10H2,1-2H3,(H,21,28)(H,23,29)(H,24,27)(H2,20,30,31). The van der Waals surface area contributed by atoms with Gasteiger partial charge in [0.05, 0.1) is 10.6 Å². The third-order valence-corrected chi connectivity index (χ3v) is 5.66. The Kier molecular flexibility index (Phi) is 6.91. The average molecular weight is 464 g/mol. The third kappa shape index (κ3) is 5.90. The van der Waals surface area contributed by atoms with Crippen LogP contribution >= 0.6 is 0 Å². The van der Waals surface area contributed by atoms with Crippen molar-refractivity contribution in [3.05, 3.63) is 41.6 Å². The predicted octanol–water partition coefficient (Wildman–Crippen LogP) is -0.910. The maximum atomic E-state index is 12.3. The second-order valence-corrected chi connectivity index (χ2v) is 9.07. The number of carbonyl (C=O) groups excluding carboxylic acids is 3. The number of anilines is 1. The number of aromatic nitrogens is 2. The Hall–Kier alpha value is -3.29. The maximum absolute atomic E-state index is 12.3. The van der Waals surface area contributed by atoms with Crippen molar-refractivity contribution < 1.29 is 22.8 Å². The molecule has 0 aliphatic carbocycles. The van der Waals surface area contributed by atoms with Crippen LogP contribution < -0.4 is 26.4 Å². The van der Waals surface area contributed by atoms with Gasteiger partial charge in [-0.2, -0.15) is 5.10 Å². The number of nitrogens with two attached hydrogens (primary N) is 1. The number of sulfonamides is 1. The summed E-state index contributed by atoms with van der Waals surface area (Å²) >= 11 is 0. The Labute approximate surface area is 185 Å². The SMILES string of the molecule is Cc1cc(NC(=O)C(=O)NCCc2ccc(S(N)(=O)=O)cc2)n(C2NC(=O)CC(C)N2)n1. The number of nitrogens with zero attached hydrogens (tertiary/aromatic N) is 2. The Morgan fingerprint density at radius 1 is 1.25 bits per heavy atom. The van der Waals surface area contributed by atoms with E-state index in [-0.39, 0.29) is 29.2 Å². The van der Waals surface area contributed by atoms with E-state index in [9.17, 15) is 22.8 Å². The highest BCUT2D eigenvalue weighted by Crippen LogP contribution is 2.17. The van der Waals surface area contributed by atoms with E-state index in [2.05, 4.69) is 26.4 Å². The third-order valence-electron chi connectivity index (χ3n) is 4.73. The zero-order valence-corrected chi connectivity index (χ0v) is 18.4. The van der Waals surface area contributed by atoms with Crippen molar-refractivity contribution in [1.82, 2.24) is 25.7 Å². The molecule has 1 saturated heterocycles. The van der Waals surface area contributed by atoms with Crippen LogP contribution in [0.5, 0.6) is 0 Å². The molecule has 0 bridgehead atoms. The molecule has 1 aliphatic rings. The van der Waals surface area contributed by atoms with E-state index < -0.39 is 28.1 Å². The van der Waals surface area contributed by atoms with Crippen LogP contribution in [-0.2, 0) is 30.8 Å². The fraction of sp³-hybridized carbons (Fsp3) is 0.368. The molecule has 1 fully saturated rings. The zero-order valence-electron chi connectivity index (χ0n) is 17.6. The molecule has 12 nitrogen and oxygen atoms in total. The van der Waals surface area contributed by atoms with Gasteiger partial charge in [-0.1, -0.05) is 12.1 Å². The minimum Gasteiger partial charge on any atom is -0.347 e. The van der Waals surface area contributed by atoms with Crippen LogP contribution in [0.25, 0.3) is 0 Å². The summed E-state index contributed by atoms with van der Waals surface area (Å²) in [5.41, 5.74) is 1.36. The molecule has 0 radical (unpaired) electrons. The lowest BCUT2D eigenvalue weighted by atomic mass is 10.1. The maximum Gasteiger partial charge on any atom is 0.314 e. The van der Waals surface area contributed by atoms with Crippen molar-refractivity contribution in [2.75, 3.05) is 11.9 Å². The number of rotatable bonds is 6. The van der Waals surface area contributed by atoms with Crippen molar-refractivity contribution in [2.45, 2.75) is 43.9 Å². The fourth-order valence-corrected chi connectivity index (χ4v) is 3.73. The lowest BCUT2D eigenvalue weighted by Crippen LogP contribution is -2.52. The minimum atomic E-state index is -3.77. The summed E-state index contributed by atoms with van der Waals surface area (Å²) in [7, 11) is -3.77. The number of carbonyl (C=O) groups is 3. The lowest BCUT2D eigenvalue weighted by Gasteiger charge is -2.30. The molecule has 2 atom stereocenters. The molecule has 1 aromatic heterocycles. The Bertz CT molecular complexity index is 1130. The van der Waals surface area contributed by atoms with Crippen molar-refractivity contribution >= 4 is 33.6 Å². The Morgan fingerprint density at radius 3 is 2.56 bits per heavy atom. The smallest absolute Gasteiger partial charge is 0.314 e. The van der Waals surface area contributed by atoms with Gasteiger partial charge in [0.2, 0.25) is 15.9 Å². The molecule has 0 spiro atoms. The van der Waals surface area contributed by atoms with Gasteiger partial charge in [0.1, 0.15) is 5.82 Å². The summed E-state index contributed by atoms with van der Waals surface area (Å²) in [4.78, 5) is 36.3. The normalized spacial score (nSPS) is 18.7. The van der Waals surface area contributed by atoms with E-state index in [1.807, 2.05) is 6.92 Å². The van der Waals surface area contributed by atoms with Gasteiger partial charge in [-0.25, -0.2) is 18.2 Å². The lowest BCUT2D eigenvalue weighted by molar-refractivity contribution is -0.136. The van der Waals surface area contributed by atoms with Gasteiger partial charge in [-0.3, -0.25) is 19.7 Å². The summed E-state index contributed by atoms with van der Waals surface area (Å²) < 4.78 is 24.0. The largest absolute Gasteiger partial charge is 0.347 e. The second-order valence-electron chi connectivity index (χ2n) is 7.51. The van der Waals surface area contributed by atoms with Crippen LogP contribution in [0.3, 0.4) is 0 Å². The van der Waals surface area contributed by atoms with Gasteiger partial charge in [-0.05, 0) is 38.0 Å². The van der Waals surface area contributed by atoms with E-state index in [4.69, 9.17) is 5.14 Å². The number of nitrogens with one attached hydrogen (secondary N) is 4. The molecular weight excluding hydrogens is 438 g/mol. The highest BCUT2D eigenvalue weighted by atomic mass is 32.2. The highest BCUT2D eigenvalue weighted by Gasteiger charge is 2.27. The molecule has 1 aliphatic heterocycles. The van der Waals surface area contributed by atoms with Gasteiger partial charge in [-0.15, -0.1) is 0 Å². The first-order valence-electron chi connectivity index (χ1n) is 9.85. The number of benzene rings is 1. The number of primary sulfonamides is 1. The average Bonchev–Trinajstić information content (AvgIpc) is 3.07. The molecule has 2 aromatic rings. The Balaban J connectivity index is 1.56. The molecule has 6 N–H and O–H groups in total. The quantitative estimate of drug-likeness (QED) is 0.344. The molecule has 13 heteroatoms. The van der Waals surface area contributed by atoms with Crippen molar-refractivity contribution in [1.29, 1.82) is 0 Å². The number of hydrogen-bond acceptors (Lipinski definition) is 7. The molecule has 0 saturated carbocycles. The van der Waals surface area contributed by atoms with Crippen molar-refractivity contribution in [3.63, 3.8) is 0 Å². The minimum absolute atomic E-state index is 0.00499. The summed E-state index contributed by atoms with van der Waals surface area (Å²) in [5, 5.41) is 20.2. The Morgan fingerprint density at radius 2 is 1.94 bits per heavy atom. The fourth-order valence-electron chi connectivity index (χ4n) is 3.22. The van der Waals surface area contributed by atoms with Crippen molar-refractivity contribution in [3.8, 4) is 0 Å². The molecule has 3 amide bonds. The highest BCUT2D eigenvalue weighted by molar-refractivity contribution is 7.89. The van der Waals surface area contributed by atoms with Gasteiger partial charge >= 0.3 is 11.8 Å². The molecule has 3 rings (SSSR count). The first kappa shape index (κ1) is 23.4. The van der Waals surface area contributed by atoms with Gasteiger partial charge in [0, 0.05) is 25.1 Å². The first-order valence-corrected chi connectivity index (χ1v) is 11.4. The van der Waals surface area contributed by atoms with Crippen LogP contribution in [0.15, 0.2) is 35.2 Å². The number of amides is 3. The van der Waals surface area contributed by atoms with E-state index in [0.29, 0.717) is 18.5 Å². The summed E-state index contributed by atoms with van der Waals surface area (Å²) in [6, 6.07) is 7.43. The van der Waals surface area contributed by atoms with Gasteiger partial charge in [0.15, 0.2) is 6.29 Å². The topological polar surface area (TPSA) is 177 Å². The first-order chi connectivity index (χ1) is 15.0. The van der Waals surface area contributed by atoms with Crippen LogP contribution in [-0.4, -0.2) is 48.5 Å². The predicted molar refractivity (Wildman–Crippen MR) is 115 cm³/mol. The van der Waals surface area contributed by atoms with Gasteiger partial charge in [0.25, 0.3) is 0 Å². The summed E-state index contributed by atoms with van der Waals surface area (Å²) in [6.07, 6.45) is 0.0567. The van der Waals surface area contributed by atoms with E-state index in [1.54, 1.807) is 25.1 Å². The molecular formula is C19H25N7O5S. The number of hydrogen-bond donors (Lipinski definition) is 5. The summed E-state index contributed by atoms with van der Waals surface area (Å²) in [6.45, 7) is 3.74. The summed E-state index contributed by atoms with van der Waals surface area (Å²) in [5.74, 6) is -1.62. The monoisotopic (exact) mass is 463 g/mol.